The van der Waals surface area contributed by atoms with Crippen LogP contribution in [0.5, 0.6) is 0 Å². The predicted molar refractivity (Wildman–Crippen MR) is 110 cm³/mol. The van der Waals surface area contributed by atoms with Crippen LogP contribution in [-0.2, 0) is 19.2 Å². The number of unbranched alkanes of at least 4 members (excludes halogenated alkanes) is 14. The normalized spacial score (nSPS) is 10.5. The number of carbonyl (C=O) groups excluding carboxylic acids is 2. The molecule has 6 nitrogen and oxygen atoms in total. The van der Waals surface area contributed by atoms with E-state index in [9.17, 15) is 9.59 Å². The number of hydrogen-bond acceptors (Lipinski definition) is 6. The van der Waals surface area contributed by atoms with Gasteiger partial charge in [0.15, 0.2) is 0 Å². The Morgan fingerprint density at radius 2 is 0.750 bits per heavy atom. The van der Waals surface area contributed by atoms with E-state index in [1.54, 1.807) is 0 Å². The highest BCUT2D eigenvalue weighted by Gasteiger charge is 2.11. The van der Waals surface area contributed by atoms with Gasteiger partial charge in [0.05, 0.1) is 13.2 Å². The summed E-state index contributed by atoms with van der Waals surface area (Å²) in [5.74, 6) is 0. The summed E-state index contributed by atoms with van der Waals surface area (Å²) in [6, 6.07) is 0. The summed E-state index contributed by atoms with van der Waals surface area (Å²) in [7, 11) is 0. The molecule has 0 amide bonds. The first-order valence-corrected chi connectivity index (χ1v) is 11.4. The lowest BCUT2D eigenvalue weighted by molar-refractivity contribution is -0.217. The maximum atomic E-state index is 11.3. The number of carbonyl (C=O) groups is 2. The Morgan fingerprint density at radius 1 is 0.464 bits per heavy atom. The first-order valence-electron chi connectivity index (χ1n) is 11.4. The quantitative estimate of drug-likeness (QED) is 0.102. The third-order valence-corrected chi connectivity index (χ3v) is 4.61. The third-order valence-electron chi connectivity index (χ3n) is 4.61. The van der Waals surface area contributed by atoms with Gasteiger partial charge in [-0.2, -0.15) is 19.4 Å². The van der Waals surface area contributed by atoms with Crippen LogP contribution in [0, 0.1) is 0 Å². The van der Waals surface area contributed by atoms with Gasteiger partial charge >= 0.3 is 12.3 Å². The fourth-order valence-corrected chi connectivity index (χ4v) is 2.90. The van der Waals surface area contributed by atoms with Gasteiger partial charge in [0.2, 0.25) is 0 Å². The molecule has 0 heterocycles. The lowest BCUT2D eigenvalue weighted by Crippen LogP contribution is -2.14. The summed E-state index contributed by atoms with van der Waals surface area (Å²) in [6.07, 6.45) is 16.6. The molecule has 0 aromatic carbocycles. The Kier molecular flexibility index (Phi) is 20.7. The Labute approximate surface area is 171 Å². The van der Waals surface area contributed by atoms with Crippen molar-refractivity contribution in [2.75, 3.05) is 13.2 Å². The van der Waals surface area contributed by atoms with Crippen LogP contribution in [-0.4, -0.2) is 25.5 Å². The molecule has 0 saturated carbocycles. The topological polar surface area (TPSA) is 71.1 Å². The highest BCUT2D eigenvalue weighted by Crippen LogP contribution is 2.09. The van der Waals surface area contributed by atoms with Crippen LogP contribution in [0.1, 0.15) is 117 Å². The van der Waals surface area contributed by atoms with Crippen LogP contribution in [0.4, 0.5) is 9.59 Å². The maximum absolute atomic E-state index is 11.3. The van der Waals surface area contributed by atoms with Gasteiger partial charge in [-0.05, 0) is 12.8 Å². The lowest BCUT2D eigenvalue weighted by Gasteiger charge is -2.06. The summed E-state index contributed by atoms with van der Waals surface area (Å²) in [6.45, 7) is 4.95. The Bertz CT molecular complexity index is 325. The molecule has 0 atom stereocenters. The minimum absolute atomic E-state index is 0.268. The van der Waals surface area contributed by atoms with E-state index < -0.39 is 12.3 Å². The molecule has 0 aliphatic rings. The van der Waals surface area contributed by atoms with Gasteiger partial charge in [-0.3, -0.25) is 0 Å². The molecule has 166 valence electrons. The zero-order chi connectivity index (χ0) is 20.7. The predicted octanol–water partition coefficient (Wildman–Crippen LogP) is 7.49. The van der Waals surface area contributed by atoms with Gasteiger partial charge in [-0.15, -0.1) is 0 Å². The molecular weight excluding hydrogens is 360 g/mol. The molecule has 0 aromatic rings. The molecule has 6 heteroatoms. The van der Waals surface area contributed by atoms with Crippen molar-refractivity contribution < 1.29 is 28.8 Å². The molecule has 0 spiro atoms. The van der Waals surface area contributed by atoms with E-state index in [-0.39, 0.29) is 13.2 Å². The van der Waals surface area contributed by atoms with Gasteiger partial charge in [0.1, 0.15) is 0 Å². The minimum atomic E-state index is -1.01. The van der Waals surface area contributed by atoms with Crippen molar-refractivity contribution in [3.05, 3.63) is 0 Å². The van der Waals surface area contributed by atoms with E-state index in [2.05, 4.69) is 23.6 Å². The SMILES string of the molecule is CCCCCCCCCCOC(=O)OOC(=O)OCCCCCCCCCC. The first-order chi connectivity index (χ1) is 13.7. The second-order valence-corrected chi connectivity index (χ2v) is 7.31. The van der Waals surface area contributed by atoms with Crippen molar-refractivity contribution >= 4 is 12.3 Å². The molecule has 0 N–H and O–H groups in total. The molecule has 0 aliphatic carbocycles. The number of ether oxygens (including phenoxy) is 2. The lowest BCUT2D eigenvalue weighted by atomic mass is 10.1. The average Bonchev–Trinajstić information content (AvgIpc) is 2.69. The smallest absolute Gasteiger partial charge is 0.432 e. The van der Waals surface area contributed by atoms with Crippen molar-refractivity contribution in [1.82, 2.24) is 0 Å². The first kappa shape index (κ1) is 26.5. The minimum Gasteiger partial charge on any atom is -0.432 e. The van der Waals surface area contributed by atoms with Crippen LogP contribution in [0.25, 0.3) is 0 Å². The van der Waals surface area contributed by atoms with Crippen LogP contribution in [0.15, 0.2) is 0 Å². The summed E-state index contributed by atoms with van der Waals surface area (Å²) in [5, 5.41) is 0. The summed E-state index contributed by atoms with van der Waals surface area (Å²) in [5.41, 5.74) is 0. The third kappa shape index (κ3) is 20.8. The van der Waals surface area contributed by atoms with Gasteiger partial charge in [-0.1, -0.05) is 104 Å². The van der Waals surface area contributed by atoms with Gasteiger partial charge in [-0.25, -0.2) is 0 Å². The van der Waals surface area contributed by atoms with E-state index in [1.807, 2.05) is 0 Å². The van der Waals surface area contributed by atoms with Crippen molar-refractivity contribution in [2.45, 2.75) is 117 Å². The average molecular weight is 403 g/mol. The summed E-state index contributed by atoms with van der Waals surface area (Å²) >= 11 is 0. The molecule has 0 saturated heterocycles. The van der Waals surface area contributed by atoms with E-state index in [4.69, 9.17) is 9.47 Å². The zero-order valence-electron chi connectivity index (χ0n) is 18.2. The molecule has 0 radical (unpaired) electrons. The second kappa shape index (κ2) is 21.8. The van der Waals surface area contributed by atoms with E-state index in [1.165, 1.54) is 64.2 Å². The van der Waals surface area contributed by atoms with E-state index in [0.717, 1.165) is 38.5 Å². The van der Waals surface area contributed by atoms with Crippen LogP contribution in [0.3, 0.4) is 0 Å². The van der Waals surface area contributed by atoms with Gasteiger partial charge < -0.3 is 9.47 Å². The van der Waals surface area contributed by atoms with Crippen molar-refractivity contribution in [3.63, 3.8) is 0 Å². The van der Waals surface area contributed by atoms with Crippen LogP contribution in [0.2, 0.25) is 0 Å². The van der Waals surface area contributed by atoms with Gasteiger partial charge in [0, 0.05) is 0 Å². The Hall–Kier alpha value is -1.46. The van der Waals surface area contributed by atoms with Gasteiger partial charge in [0.25, 0.3) is 0 Å². The molecule has 0 aromatic heterocycles. The van der Waals surface area contributed by atoms with E-state index >= 15 is 0 Å². The van der Waals surface area contributed by atoms with E-state index in [0.29, 0.717) is 0 Å². The zero-order valence-corrected chi connectivity index (χ0v) is 18.2. The monoisotopic (exact) mass is 402 g/mol. The molecular formula is C22H42O6. The highest BCUT2D eigenvalue weighted by molar-refractivity contribution is 5.63. The fourth-order valence-electron chi connectivity index (χ4n) is 2.90. The van der Waals surface area contributed by atoms with Crippen molar-refractivity contribution in [2.24, 2.45) is 0 Å². The Balaban J connectivity index is 3.32. The summed E-state index contributed by atoms with van der Waals surface area (Å²) in [4.78, 5) is 31.1. The van der Waals surface area contributed by atoms with Crippen LogP contribution < -0.4 is 0 Å². The van der Waals surface area contributed by atoms with Crippen molar-refractivity contribution in [1.29, 1.82) is 0 Å². The molecule has 0 bridgehead atoms. The molecule has 28 heavy (non-hydrogen) atoms. The standard InChI is InChI=1S/C22H42O6/c1-3-5-7-9-11-13-15-17-19-25-21(23)27-28-22(24)26-20-18-16-14-12-10-8-6-4-2/h3-20H2,1-2H3. The largest absolute Gasteiger partial charge is 0.549 e. The number of rotatable bonds is 18. The molecule has 0 unspecified atom stereocenters. The molecule has 0 aliphatic heterocycles. The molecule has 0 rings (SSSR count). The second-order valence-electron chi connectivity index (χ2n) is 7.31. The Morgan fingerprint density at radius 3 is 1.07 bits per heavy atom. The molecule has 0 fully saturated rings. The maximum Gasteiger partial charge on any atom is 0.549 e. The van der Waals surface area contributed by atoms with Crippen LogP contribution >= 0.6 is 0 Å². The van der Waals surface area contributed by atoms with Crippen molar-refractivity contribution in [3.8, 4) is 0 Å². The fraction of sp³-hybridized carbons (Fsp3) is 0.909. The number of hydrogen-bond donors (Lipinski definition) is 0. The highest BCUT2D eigenvalue weighted by atomic mass is 17.3. The summed E-state index contributed by atoms with van der Waals surface area (Å²) < 4.78 is 9.68.